The molecule has 0 aliphatic heterocycles. The maximum absolute atomic E-state index is 13.9. The van der Waals surface area contributed by atoms with Gasteiger partial charge in [0.25, 0.3) is 0 Å². The number of hydrogen-bond donors (Lipinski definition) is 0. The molecule has 0 saturated heterocycles. The topological polar surface area (TPSA) is 0 Å². The van der Waals surface area contributed by atoms with Crippen molar-refractivity contribution in [1.29, 1.82) is 0 Å². The first-order valence-corrected chi connectivity index (χ1v) is 6.62. The van der Waals surface area contributed by atoms with Gasteiger partial charge in [0.1, 0.15) is 5.82 Å². The third-order valence-corrected chi connectivity index (χ3v) is 3.22. The minimum Gasteiger partial charge on any atom is -0.206 e. The van der Waals surface area contributed by atoms with Gasteiger partial charge in [-0.3, -0.25) is 0 Å². The van der Waals surface area contributed by atoms with Crippen LogP contribution in [0.25, 0.3) is 11.1 Å². The second-order valence-electron chi connectivity index (χ2n) is 4.62. The quantitative estimate of drug-likeness (QED) is 0.707. The molecule has 0 aromatic heterocycles. The standard InChI is InChI=1S/C17H19F/c1-3-6-14-7-5-8-15(11-14)16-12-13(4-2)9-10-17(16)18/h5,7-12H,3-4,6H2,1-2H3. The second-order valence-corrected chi connectivity index (χ2v) is 4.62. The fourth-order valence-electron chi connectivity index (χ4n) is 2.20. The average molecular weight is 242 g/mol. The molecule has 2 rings (SSSR count). The number of halogens is 1. The van der Waals surface area contributed by atoms with Gasteiger partial charge in [0.05, 0.1) is 0 Å². The fraction of sp³-hybridized carbons (Fsp3) is 0.294. The summed E-state index contributed by atoms with van der Waals surface area (Å²) in [4.78, 5) is 0. The number of aryl methyl sites for hydroxylation is 2. The van der Waals surface area contributed by atoms with E-state index < -0.39 is 0 Å². The van der Waals surface area contributed by atoms with E-state index in [1.807, 2.05) is 24.3 Å². The van der Waals surface area contributed by atoms with E-state index in [0.717, 1.165) is 24.8 Å². The highest BCUT2D eigenvalue weighted by molar-refractivity contribution is 5.65. The van der Waals surface area contributed by atoms with E-state index in [9.17, 15) is 4.39 Å². The number of hydrogen-bond acceptors (Lipinski definition) is 0. The SMILES string of the molecule is CCCc1cccc(-c2cc(CC)ccc2F)c1. The Bertz CT molecular complexity index is 529. The minimum absolute atomic E-state index is 0.138. The molecule has 1 heteroatoms. The van der Waals surface area contributed by atoms with Crippen LogP contribution >= 0.6 is 0 Å². The van der Waals surface area contributed by atoms with Gasteiger partial charge in [-0.2, -0.15) is 0 Å². The van der Waals surface area contributed by atoms with Crippen LogP contribution in [0.5, 0.6) is 0 Å². The Morgan fingerprint density at radius 3 is 2.50 bits per heavy atom. The summed E-state index contributed by atoms with van der Waals surface area (Å²) in [7, 11) is 0. The van der Waals surface area contributed by atoms with Crippen LogP contribution in [0.1, 0.15) is 31.4 Å². The summed E-state index contributed by atoms with van der Waals surface area (Å²) in [5.74, 6) is -0.138. The summed E-state index contributed by atoms with van der Waals surface area (Å²) < 4.78 is 13.9. The monoisotopic (exact) mass is 242 g/mol. The smallest absolute Gasteiger partial charge is 0.131 e. The van der Waals surface area contributed by atoms with Crippen molar-refractivity contribution in [3.8, 4) is 11.1 Å². The van der Waals surface area contributed by atoms with E-state index in [0.29, 0.717) is 5.56 Å². The molecule has 0 atom stereocenters. The highest BCUT2D eigenvalue weighted by atomic mass is 19.1. The van der Waals surface area contributed by atoms with Crippen LogP contribution < -0.4 is 0 Å². The Hall–Kier alpha value is -1.63. The molecular formula is C17H19F. The van der Waals surface area contributed by atoms with Gasteiger partial charge < -0.3 is 0 Å². The lowest BCUT2D eigenvalue weighted by Crippen LogP contribution is -1.90. The Balaban J connectivity index is 2.44. The molecule has 0 aliphatic carbocycles. The van der Waals surface area contributed by atoms with Gasteiger partial charge in [-0.15, -0.1) is 0 Å². The minimum atomic E-state index is -0.138. The van der Waals surface area contributed by atoms with Gasteiger partial charge in [-0.1, -0.05) is 50.6 Å². The van der Waals surface area contributed by atoms with Crippen LogP contribution in [-0.4, -0.2) is 0 Å². The highest BCUT2D eigenvalue weighted by Gasteiger charge is 2.06. The maximum Gasteiger partial charge on any atom is 0.131 e. The number of rotatable bonds is 4. The lowest BCUT2D eigenvalue weighted by Gasteiger charge is -2.08. The molecule has 18 heavy (non-hydrogen) atoms. The van der Waals surface area contributed by atoms with E-state index in [4.69, 9.17) is 0 Å². The zero-order chi connectivity index (χ0) is 13.0. The molecule has 0 saturated carbocycles. The summed E-state index contributed by atoms with van der Waals surface area (Å²) in [6, 6.07) is 13.6. The molecule has 0 unspecified atom stereocenters. The van der Waals surface area contributed by atoms with Gasteiger partial charge in [0, 0.05) is 5.56 Å². The molecule has 2 aromatic carbocycles. The van der Waals surface area contributed by atoms with Gasteiger partial charge in [-0.25, -0.2) is 4.39 Å². The molecule has 0 radical (unpaired) electrons. The van der Waals surface area contributed by atoms with Crippen LogP contribution in [0.2, 0.25) is 0 Å². The highest BCUT2D eigenvalue weighted by Crippen LogP contribution is 2.25. The number of benzene rings is 2. The average Bonchev–Trinajstić information content (AvgIpc) is 2.40. The van der Waals surface area contributed by atoms with Crippen molar-refractivity contribution in [1.82, 2.24) is 0 Å². The summed E-state index contributed by atoms with van der Waals surface area (Å²) in [5, 5.41) is 0. The lowest BCUT2D eigenvalue weighted by atomic mass is 9.98. The van der Waals surface area contributed by atoms with Crippen LogP contribution in [0.15, 0.2) is 42.5 Å². The normalized spacial score (nSPS) is 10.6. The van der Waals surface area contributed by atoms with E-state index in [-0.39, 0.29) is 5.82 Å². The van der Waals surface area contributed by atoms with Gasteiger partial charge >= 0.3 is 0 Å². The molecule has 0 nitrogen and oxygen atoms in total. The summed E-state index contributed by atoms with van der Waals surface area (Å²) in [5.41, 5.74) is 4.14. The molecule has 0 heterocycles. The molecule has 0 N–H and O–H groups in total. The molecule has 0 amide bonds. The second kappa shape index (κ2) is 5.81. The van der Waals surface area contributed by atoms with Gasteiger partial charge in [0.2, 0.25) is 0 Å². The predicted octanol–water partition coefficient (Wildman–Crippen LogP) is 5.01. The van der Waals surface area contributed by atoms with E-state index in [1.165, 1.54) is 11.1 Å². The van der Waals surface area contributed by atoms with Crippen molar-refractivity contribution in [3.05, 3.63) is 59.4 Å². The van der Waals surface area contributed by atoms with Crippen molar-refractivity contribution in [2.24, 2.45) is 0 Å². The zero-order valence-corrected chi connectivity index (χ0v) is 11.0. The van der Waals surface area contributed by atoms with E-state index >= 15 is 0 Å². The third kappa shape index (κ3) is 2.79. The Kier molecular flexibility index (Phi) is 4.14. The molecule has 0 fully saturated rings. The van der Waals surface area contributed by atoms with Crippen LogP contribution in [0.4, 0.5) is 4.39 Å². The summed E-state index contributed by atoms with van der Waals surface area (Å²) in [6.07, 6.45) is 3.09. The first-order valence-electron chi connectivity index (χ1n) is 6.62. The van der Waals surface area contributed by atoms with E-state index in [1.54, 1.807) is 6.07 Å². The van der Waals surface area contributed by atoms with Gasteiger partial charge in [0.15, 0.2) is 0 Å². The first kappa shape index (κ1) is 12.8. The van der Waals surface area contributed by atoms with Crippen LogP contribution in [0.3, 0.4) is 0 Å². The predicted molar refractivity (Wildman–Crippen MR) is 75.2 cm³/mol. The van der Waals surface area contributed by atoms with Crippen molar-refractivity contribution < 1.29 is 4.39 Å². The molecule has 0 spiro atoms. The Morgan fingerprint density at radius 2 is 1.78 bits per heavy atom. The Labute approximate surface area is 108 Å². The molecular weight excluding hydrogens is 223 g/mol. The third-order valence-electron chi connectivity index (χ3n) is 3.22. The Morgan fingerprint density at radius 1 is 0.944 bits per heavy atom. The van der Waals surface area contributed by atoms with Crippen molar-refractivity contribution in [2.45, 2.75) is 33.1 Å². The van der Waals surface area contributed by atoms with Crippen molar-refractivity contribution in [2.75, 3.05) is 0 Å². The molecule has 0 aliphatic rings. The summed E-state index contributed by atoms with van der Waals surface area (Å²) in [6.45, 7) is 4.25. The first-order chi connectivity index (χ1) is 8.74. The molecule has 0 bridgehead atoms. The summed E-state index contributed by atoms with van der Waals surface area (Å²) >= 11 is 0. The van der Waals surface area contributed by atoms with Crippen LogP contribution in [0, 0.1) is 5.82 Å². The molecule has 94 valence electrons. The van der Waals surface area contributed by atoms with Gasteiger partial charge in [-0.05, 0) is 41.7 Å². The zero-order valence-electron chi connectivity index (χ0n) is 11.0. The molecule has 2 aromatic rings. The van der Waals surface area contributed by atoms with Crippen molar-refractivity contribution in [3.63, 3.8) is 0 Å². The van der Waals surface area contributed by atoms with Crippen LogP contribution in [-0.2, 0) is 12.8 Å². The van der Waals surface area contributed by atoms with E-state index in [2.05, 4.69) is 26.0 Å². The van der Waals surface area contributed by atoms with Crippen molar-refractivity contribution >= 4 is 0 Å². The maximum atomic E-state index is 13.9. The largest absolute Gasteiger partial charge is 0.206 e. The fourth-order valence-corrected chi connectivity index (χ4v) is 2.20. The lowest BCUT2D eigenvalue weighted by molar-refractivity contribution is 0.630.